The maximum atomic E-state index is 10.9. The van der Waals surface area contributed by atoms with E-state index in [1.165, 1.54) is 63.4 Å². The number of hydrogen-bond donors (Lipinski definition) is 2. The van der Waals surface area contributed by atoms with Crippen LogP contribution in [-0.2, 0) is 0 Å². The zero-order valence-corrected chi connectivity index (χ0v) is 21.8. The molecule has 5 rings (SSSR count). The summed E-state index contributed by atoms with van der Waals surface area (Å²) >= 11 is 0. The molecule has 2 heteroatoms. The number of hydrogen-bond acceptors (Lipinski definition) is 2. The van der Waals surface area contributed by atoms with E-state index in [0.717, 1.165) is 18.3 Å². The molecule has 0 spiro atoms. The van der Waals surface area contributed by atoms with Crippen LogP contribution < -0.4 is 0 Å². The van der Waals surface area contributed by atoms with Crippen molar-refractivity contribution in [3.63, 3.8) is 0 Å². The Labute approximate surface area is 197 Å². The number of aliphatic hydroxyl groups is 2. The zero-order valence-electron chi connectivity index (χ0n) is 21.8. The molecule has 0 amide bonds. The van der Waals surface area contributed by atoms with Gasteiger partial charge in [-0.1, -0.05) is 46.8 Å². The third-order valence-electron chi connectivity index (χ3n) is 13.5. The molecule has 5 saturated carbocycles. The van der Waals surface area contributed by atoms with Gasteiger partial charge in [-0.05, 0) is 128 Å². The summed E-state index contributed by atoms with van der Waals surface area (Å²) in [5, 5.41) is 21.5. The van der Waals surface area contributed by atoms with Crippen LogP contribution in [0.25, 0.3) is 0 Å². The topological polar surface area (TPSA) is 40.5 Å². The summed E-state index contributed by atoms with van der Waals surface area (Å²) in [4.78, 5) is 0. The molecule has 2 nitrogen and oxygen atoms in total. The van der Waals surface area contributed by atoms with Crippen molar-refractivity contribution in [3.8, 4) is 0 Å². The maximum absolute atomic E-state index is 10.9. The Hall–Kier alpha value is -0.340. The molecular formula is C30H50O2. The fourth-order valence-corrected chi connectivity index (χ4v) is 11.5. The lowest BCUT2D eigenvalue weighted by Gasteiger charge is -2.73. The van der Waals surface area contributed by atoms with Crippen LogP contribution in [0.2, 0.25) is 0 Å². The molecule has 0 bridgehead atoms. The van der Waals surface area contributed by atoms with Crippen LogP contribution in [0, 0.1) is 56.7 Å². The van der Waals surface area contributed by atoms with E-state index in [1.807, 2.05) is 0 Å². The predicted octanol–water partition coefficient (Wildman–Crippen LogP) is 7.00. The Morgan fingerprint density at radius 3 is 2.19 bits per heavy atom. The predicted molar refractivity (Wildman–Crippen MR) is 132 cm³/mol. The van der Waals surface area contributed by atoms with Crippen molar-refractivity contribution in [2.45, 2.75) is 112 Å². The Kier molecular flexibility index (Phi) is 5.19. The fraction of sp³-hybridized carbons (Fsp3) is 0.933. The molecule has 0 saturated heterocycles. The van der Waals surface area contributed by atoms with Gasteiger partial charge in [-0.3, -0.25) is 0 Å². The minimum absolute atomic E-state index is 0.0290. The average molecular weight is 443 g/mol. The van der Waals surface area contributed by atoms with Gasteiger partial charge in [0, 0.05) is 6.61 Å². The molecule has 5 aliphatic carbocycles. The van der Waals surface area contributed by atoms with Crippen molar-refractivity contribution in [1.82, 2.24) is 0 Å². The summed E-state index contributed by atoms with van der Waals surface area (Å²) in [6, 6.07) is 0. The third kappa shape index (κ3) is 2.66. The summed E-state index contributed by atoms with van der Waals surface area (Å²) in [5.41, 5.74) is 2.60. The fourth-order valence-electron chi connectivity index (χ4n) is 11.5. The van der Waals surface area contributed by atoms with E-state index in [1.54, 1.807) is 0 Å². The van der Waals surface area contributed by atoms with Gasteiger partial charge < -0.3 is 10.2 Å². The summed E-state index contributed by atoms with van der Waals surface area (Å²) in [7, 11) is 0. The lowest BCUT2D eigenvalue weighted by molar-refractivity contribution is -0.249. The van der Waals surface area contributed by atoms with Crippen molar-refractivity contribution in [2.24, 2.45) is 56.7 Å². The van der Waals surface area contributed by atoms with Crippen molar-refractivity contribution in [2.75, 3.05) is 6.61 Å². The van der Waals surface area contributed by atoms with Crippen LogP contribution in [0.15, 0.2) is 12.2 Å². The van der Waals surface area contributed by atoms with Crippen LogP contribution in [0.5, 0.6) is 0 Å². The summed E-state index contributed by atoms with van der Waals surface area (Å²) in [5.74, 6) is 3.33. The van der Waals surface area contributed by atoms with E-state index in [2.05, 4.69) is 48.1 Å². The first kappa shape index (κ1) is 23.4. The minimum Gasteiger partial charge on any atom is -0.396 e. The second-order valence-electron chi connectivity index (χ2n) is 14.6. The summed E-state index contributed by atoms with van der Waals surface area (Å²) < 4.78 is 0. The van der Waals surface area contributed by atoms with Gasteiger partial charge in [0.25, 0.3) is 0 Å². The van der Waals surface area contributed by atoms with Crippen LogP contribution in [0.1, 0.15) is 106 Å². The second kappa shape index (κ2) is 7.09. The lowest BCUT2D eigenvalue weighted by Crippen LogP contribution is -2.66. The van der Waals surface area contributed by atoms with Crippen molar-refractivity contribution < 1.29 is 10.2 Å². The highest BCUT2D eigenvalue weighted by Crippen LogP contribution is 2.77. The Balaban J connectivity index is 1.55. The van der Waals surface area contributed by atoms with Crippen LogP contribution in [-0.4, -0.2) is 22.9 Å². The Bertz CT molecular complexity index is 786. The first-order valence-electron chi connectivity index (χ1n) is 13.8. The lowest BCUT2D eigenvalue weighted by atomic mass is 9.32. The molecule has 5 fully saturated rings. The van der Waals surface area contributed by atoms with Gasteiger partial charge in [0.1, 0.15) is 0 Å². The van der Waals surface area contributed by atoms with Gasteiger partial charge in [-0.15, -0.1) is 0 Å². The van der Waals surface area contributed by atoms with Gasteiger partial charge in [0.05, 0.1) is 6.10 Å². The van der Waals surface area contributed by atoms with E-state index in [4.69, 9.17) is 0 Å². The molecule has 10 atom stereocenters. The molecule has 32 heavy (non-hydrogen) atoms. The van der Waals surface area contributed by atoms with Gasteiger partial charge in [0.2, 0.25) is 0 Å². The van der Waals surface area contributed by atoms with E-state index in [-0.39, 0.29) is 16.9 Å². The highest BCUT2D eigenvalue weighted by molar-refractivity contribution is 5.21. The van der Waals surface area contributed by atoms with Crippen LogP contribution >= 0.6 is 0 Å². The number of allylic oxidation sites excluding steroid dienone is 1. The zero-order chi connectivity index (χ0) is 23.3. The molecule has 182 valence electrons. The van der Waals surface area contributed by atoms with Gasteiger partial charge in [-0.25, -0.2) is 0 Å². The van der Waals surface area contributed by atoms with Crippen LogP contribution in [0.3, 0.4) is 0 Å². The monoisotopic (exact) mass is 442 g/mol. The maximum Gasteiger partial charge on any atom is 0.0594 e. The first-order chi connectivity index (χ1) is 14.9. The van der Waals surface area contributed by atoms with Gasteiger partial charge >= 0.3 is 0 Å². The number of rotatable bonds is 2. The Morgan fingerprint density at radius 2 is 1.53 bits per heavy atom. The van der Waals surface area contributed by atoms with E-state index < -0.39 is 0 Å². The van der Waals surface area contributed by atoms with E-state index in [9.17, 15) is 10.2 Å². The molecule has 2 unspecified atom stereocenters. The third-order valence-corrected chi connectivity index (χ3v) is 13.5. The molecule has 0 aromatic heterocycles. The van der Waals surface area contributed by atoms with E-state index >= 15 is 0 Å². The molecule has 0 heterocycles. The summed E-state index contributed by atoms with van der Waals surface area (Å²) in [6.45, 7) is 19.7. The molecular weight excluding hydrogens is 392 g/mol. The normalized spacial score (nSPS) is 56.5. The second-order valence-corrected chi connectivity index (χ2v) is 14.6. The molecule has 0 aromatic carbocycles. The standard InChI is InChI=1S/C30H50O2/c1-19(2)20-10-15-30(18-31)17-16-28(6)21(25(20)30)8-9-23-27(5)13-12-24(32)26(3,4)22(27)11-14-29(23,28)7/h20-25,31-32H,1,8-18H2,2-7H3/t20?,21-,22?,23-,24+,25-,27+,28-,29-,30-/m1/s1. The molecule has 0 aromatic rings. The highest BCUT2D eigenvalue weighted by atomic mass is 16.3. The van der Waals surface area contributed by atoms with Gasteiger partial charge in [-0.2, -0.15) is 0 Å². The minimum atomic E-state index is -0.147. The van der Waals surface area contributed by atoms with Crippen molar-refractivity contribution >= 4 is 0 Å². The van der Waals surface area contributed by atoms with Crippen molar-refractivity contribution in [1.29, 1.82) is 0 Å². The molecule has 5 aliphatic rings. The van der Waals surface area contributed by atoms with Crippen LogP contribution in [0.4, 0.5) is 0 Å². The highest BCUT2D eigenvalue weighted by Gasteiger charge is 2.70. The molecule has 2 N–H and O–H groups in total. The van der Waals surface area contributed by atoms with Gasteiger partial charge in [0.15, 0.2) is 0 Å². The smallest absolute Gasteiger partial charge is 0.0594 e. The molecule has 0 radical (unpaired) electrons. The van der Waals surface area contributed by atoms with Crippen molar-refractivity contribution in [3.05, 3.63) is 12.2 Å². The average Bonchev–Trinajstić information content (AvgIpc) is 3.12. The number of aliphatic hydroxyl groups excluding tert-OH is 2. The first-order valence-corrected chi connectivity index (χ1v) is 13.8. The van der Waals surface area contributed by atoms with E-state index in [0.29, 0.717) is 40.6 Å². The Morgan fingerprint density at radius 1 is 0.812 bits per heavy atom. The SMILES string of the molecule is C=C(C)C1CC[C@]2(CO)CC[C@]3(C)[C@H](CC[C@@H]4[C@@]5(C)CC[C@H](O)C(C)(C)C5CC[C@]43C)[C@@H]12. The largest absolute Gasteiger partial charge is 0.396 e. The number of fused-ring (bicyclic) bond motifs is 7. The molecule has 0 aliphatic heterocycles. The summed E-state index contributed by atoms with van der Waals surface area (Å²) in [6.07, 6.45) is 12.2. The quantitative estimate of drug-likeness (QED) is 0.452.